The van der Waals surface area contributed by atoms with Crippen LogP contribution >= 0.6 is 0 Å². The maximum absolute atomic E-state index is 5.81. The predicted molar refractivity (Wildman–Crippen MR) is 112 cm³/mol. The zero-order valence-electron chi connectivity index (χ0n) is 16.0. The number of nitrogens with zero attached hydrogens (tertiary/aromatic N) is 2. The van der Waals surface area contributed by atoms with E-state index >= 15 is 0 Å². The molecule has 27 heavy (non-hydrogen) atoms. The van der Waals surface area contributed by atoms with Gasteiger partial charge in [0.15, 0.2) is 0 Å². The molecular formula is C24H26N2O. The van der Waals surface area contributed by atoms with E-state index in [1.165, 1.54) is 6.42 Å². The van der Waals surface area contributed by atoms with Gasteiger partial charge in [-0.25, -0.2) is 0 Å². The van der Waals surface area contributed by atoms with Crippen LogP contribution in [0.15, 0.2) is 67.0 Å². The molecule has 3 nitrogen and oxygen atoms in total. The summed E-state index contributed by atoms with van der Waals surface area (Å²) in [5, 5.41) is 0. The lowest BCUT2D eigenvalue weighted by Gasteiger charge is -2.08. The molecule has 2 aromatic heterocycles. The highest BCUT2D eigenvalue weighted by atomic mass is 16.5. The minimum Gasteiger partial charge on any atom is -0.494 e. The third kappa shape index (κ3) is 5.78. The molecule has 0 spiro atoms. The fraction of sp³-hybridized carbons (Fsp3) is 0.250. The van der Waals surface area contributed by atoms with E-state index in [0.717, 1.165) is 47.2 Å². The molecule has 3 rings (SSSR count). The van der Waals surface area contributed by atoms with Gasteiger partial charge >= 0.3 is 0 Å². The highest BCUT2D eigenvalue weighted by Crippen LogP contribution is 2.21. The Morgan fingerprint density at radius 1 is 0.889 bits per heavy atom. The van der Waals surface area contributed by atoms with Crippen molar-refractivity contribution in [2.75, 3.05) is 6.61 Å². The molecular weight excluding hydrogens is 332 g/mol. The Balaban J connectivity index is 1.65. The van der Waals surface area contributed by atoms with Crippen LogP contribution in [0.4, 0.5) is 0 Å². The van der Waals surface area contributed by atoms with E-state index in [4.69, 9.17) is 4.74 Å². The van der Waals surface area contributed by atoms with Crippen LogP contribution in [0.25, 0.3) is 23.5 Å². The van der Waals surface area contributed by atoms with Crippen LogP contribution in [0.3, 0.4) is 0 Å². The molecule has 0 atom stereocenters. The van der Waals surface area contributed by atoms with Crippen molar-refractivity contribution in [2.45, 2.75) is 26.7 Å². The lowest BCUT2D eigenvalue weighted by atomic mass is 10.1. The fourth-order valence-corrected chi connectivity index (χ4v) is 2.81. The quantitative estimate of drug-likeness (QED) is 0.454. The summed E-state index contributed by atoms with van der Waals surface area (Å²) in [4.78, 5) is 8.91. The molecule has 0 N–H and O–H groups in total. The van der Waals surface area contributed by atoms with Gasteiger partial charge in [-0.05, 0) is 54.7 Å². The Labute approximate surface area is 161 Å². The topological polar surface area (TPSA) is 35.0 Å². The predicted octanol–water partition coefficient (Wildman–Crippen LogP) is 6.13. The van der Waals surface area contributed by atoms with E-state index in [1.54, 1.807) is 12.4 Å². The minimum absolute atomic E-state index is 0.726. The normalized spacial score (nSPS) is 11.2. The van der Waals surface area contributed by atoms with Crippen molar-refractivity contribution in [2.24, 2.45) is 5.92 Å². The molecule has 3 heteroatoms. The van der Waals surface area contributed by atoms with Gasteiger partial charge < -0.3 is 4.74 Å². The number of hydrogen-bond donors (Lipinski definition) is 0. The molecule has 0 radical (unpaired) electrons. The zero-order valence-corrected chi connectivity index (χ0v) is 16.0. The summed E-state index contributed by atoms with van der Waals surface area (Å²) < 4.78 is 5.81. The van der Waals surface area contributed by atoms with Gasteiger partial charge in [-0.2, -0.15) is 0 Å². The fourth-order valence-electron chi connectivity index (χ4n) is 2.81. The number of benzene rings is 1. The molecule has 0 aliphatic rings. The smallest absolute Gasteiger partial charge is 0.119 e. The molecule has 0 amide bonds. The molecule has 1 aromatic carbocycles. The van der Waals surface area contributed by atoms with Crippen molar-refractivity contribution in [3.8, 4) is 17.1 Å². The highest BCUT2D eigenvalue weighted by Gasteiger charge is 2.04. The van der Waals surface area contributed by atoms with Gasteiger partial charge in [0, 0.05) is 18.0 Å². The second-order valence-electron chi connectivity index (χ2n) is 6.94. The van der Waals surface area contributed by atoms with Crippen molar-refractivity contribution in [3.63, 3.8) is 0 Å². The van der Waals surface area contributed by atoms with Crippen LogP contribution in [0, 0.1) is 5.92 Å². The van der Waals surface area contributed by atoms with E-state index in [-0.39, 0.29) is 0 Å². The first-order chi connectivity index (χ1) is 13.2. The minimum atomic E-state index is 0.726. The van der Waals surface area contributed by atoms with E-state index in [1.807, 2.05) is 36.4 Å². The van der Waals surface area contributed by atoms with Crippen molar-refractivity contribution in [1.82, 2.24) is 9.97 Å². The van der Waals surface area contributed by atoms with E-state index in [9.17, 15) is 0 Å². The number of hydrogen-bond acceptors (Lipinski definition) is 3. The third-order valence-corrected chi connectivity index (χ3v) is 4.28. The van der Waals surface area contributed by atoms with E-state index in [2.05, 4.69) is 54.2 Å². The maximum atomic E-state index is 5.81. The Kier molecular flexibility index (Phi) is 6.75. The Morgan fingerprint density at radius 2 is 1.70 bits per heavy atom. The largest absolute Gasteiger partial charge is 0.494 e. The zero-order chi connectivity index (χ0) is 18.9. The SMILES string of the molecule is CC(C)CCCOc1ccc(C=Cc2cccnc2-c2ccccn2)cc1. The van der Waals surface area contributed by atoms with E-state index < -0.39 is 0 Å². The van der Waals surface area contributed by atoms with Gasteiger partial charge in [0.25, 0.3) is 0 Å². The number of rotatable bonds is 8. The molecule has 0 fully saturated rings. The summed E-state index contributed by atoms with van der Waals surface area (Å²) in [6.45, 7) is 5.25. The van der Waals surface area contributed by atoms with Crippen molar-refractivity contribution in [3.05, 3.63) is 78.1 Å². The molecule has 0 saturated heterocycles. The van der Waals surface area contributed by atoms with Crippen LogP contribution in [-0.2, 0) is 0 Å². The summed E-state index contributed by atoms with van der Waals surface area (Å²) in [5.41, 5.74) is 3.94. The first-order valence-corrected chi connectivity index (χ1v) is 9.50. The van der Waals surface area contributed by atoms with Crippen molar-refractivity contribution < 1.29 is 4.74 Å². The first-order valence-electron chi connectivity index (χ1n) is 9.50. The lowest BCUT2D eigenvalue weighted by Crippen LogP contribution is -1.99. The van der Waals surface area contributed by atoms with Crippen LogP contribution in [0.2, 0.25) is 0 Å². The molecule has 2 heterocycles. The number of aromatic nitrogens is 2. The molecule has 3 aromatic rings. The van der Waals surface area contributed by atoms with Gasteiger partial charge in [0.1, 0.15) is 5.75 Å². The van der Waals surface area contributed by atoms with Crippen molar-refractivity contribution >= 4 is 12.2 Å². The van der Waals surface area contributed by atoms with Crippen LogP contribution in [0.5, 0.6) is 5.75 Å². The summed E-state index contributed by atoms with van der Waals surface area (Å²) >= 11 is 0. The molecule has 0 aliphatic carbocycles. The van der Waals surface area contributed by atoms with Gasteiger partial charge in [-0.15, -0.1) is 0 Å². The average molecular weight is 358 g/mol. The second kappa shape index (κ2) is 9.67. The molecule has 138 valence electrons. The number of pyridine rings is 2. The van der Waals surface area contributed by atoms with Crippen LogP contribution in [0.1, 0.15) is 37.8 Å². The maximum Gasteiger partial charge on any atom is 0.119 e. The highest BCUT2D eigenvalue weighted by molar-refractivity contribution is 5.77. The first kappa shape index (κ1) is 18.8. The van der Waals surface area contributed by atoms with Gasteiger partial charge in [0.2, 0.25) is 0 Å². The molecule has 0 bridgehead atoms. The van der Waals surface area contributed by atoms with Gasteiger partial charge in [-0.1, -0.05) is 50.3 Å². The standard InChI is InChI=1S/C24H26N2O/c1-19(2)7-6-18-27-22-14-11-20(12-15-22)10-13-21-8-5-17-26-24(21)23-9-3-4-16-25-23/h3-5,8-17,19H,6-7,18H2,1-2H3. The summed E-state index contributed by atoms with van der Waals surface area (Å²) in [5.74, 6) is 1.65. The third-order valence-electron chi connectivity index (χ3n) is 4.28. The average Bonchev–Trinajstić information content (AvgIpc) is 2.71. The summed E-state index contributed by atoms with van der Waals surface area (Å²) in [7, 11) is 0. The van der Waals surface area contributed by atoms with E-state index in [0.29, 0.717) is 0 Å². The molecule has 0 unspecified atom stereocenters. The van der Waals surface area contributed by atoms with Gasteiger partial charge in [0.05, 0.1) is 18.0 Å². The van der Waals surface area contributed by atoms with Gasteiger partial charge in [-0.3, -0.25) is 9.97 Å². The summed E-state index contributed by atoms with van der Waals surface area (Å²) in [6, 6.07) is 18.1. The summed E-state index contributed by atoms with van der Waals surface area (Å²) in [6.07, 6.45) is 10.0. The Morgan fingerprint density at radius 3 is 2.44 bits per heavy atom. The van der Waals surface area contributed by atoms with Crippen molar-refractivity contribution in [1.29, 1.82) is 0 Å². The lowest BCUT2D eigenvalue weighted by molar-refractivity contribution is 0.297. The number of ether oxygens (including phenoxy) is 1. The van der Waals surface area contributed by atoms with Crippen LogP contribution in [-0.4, -0.2) is 16.6 Å². The Hall–Kier alpha value is -2.94. The monoisotopic (exact) mass is 358 g/mol. The molecule has 0 aliphatic heterocycles. The van der Waals surface area contributed by atoms with Crippen LogP contribution < -0.4 is 4.74 Å². The second-order valence-corrected chi connectivity index (χ2v) is 6.94. The molecule has 0 saturated carbocycles. The Bertz CT molecular complexity index is 855.